The predicted molar refractivity (Wildman–Crippen MR) is 96.0 cm³/mol. The van der Waals surface area contributed by atoms with Crippen LogP contribution in [-0.4, -0.2) is 17.8 Å². The monoisotopic (exact) mass is 329 g/mol. The summed E-state index contributed by atoms with van der Waals surface area (Å²) in [4.78, 5) is 11.0. The van der Waals surface area contributed by atoms with E-state index in [0.717, 1.165) is 45.1 Å². The van der Waals surface area contributed by atoms with Crippen molar-refractivity contribution in [3.63, 3.8) is 0 Å². The molecule has 23 heavy (non-hydrogen) atoms. The molecule has 2 aliphatic rings. The Balaban J connectivity index is 1.42. The van der Waals surface area contributed by atoms with Crippen LogP contribution in [0.3, 0.4) is 0 Å². The molecule has 3 nitrogen and oxygen atoms in total. The Bertz CT molecular complexity index is 621. The van der Waals surface area contributed by atoms with Gasteiger partial charge in [0.2, 0.25) is 0 Å². The number of ketones is 1. The van der Waals surface area contributed by atoms with Gasteiger partial charge in [-0.15, -0.1) is 0 Å². The summed E-state index contributed by atoms with van der Waals surface area (Å²) in [6, 6.07) is 8.10. The maximum absolute atomic E-state index is 11.0. The molecule has 1 aromatic rings. The van der Waals surface area contributed by atoms with E-state index in [4.69, 9.17) is 10.5 Å². The van der Waals surface area contributed by atoms with Gasteiger partial charge in [-0.1, -0.05) is 32.9 Å². The maximum atomic E-state index is 11.0. The summed E-state index contributed by atoms with van der Waals surface area (Å²) < 4.78 is 5.88. The fraction of sp³-hybridized carbons (Fsp3) is 0.421. The van der Waals surface area contributed by atoms with Crippen molar-refractivity contribution in [2.75, 3.05) is 6.35 Å². The Morgan fingerprint density at radius 3 is 2.87 bits per heavy atom. The van der Waals surface area contributed by atoms with E-state index < -0.39 is 0 Å². The zero-order valence-electron chi connectivity index (χ0n) is 13.5. The van der Waals surface area contributed by atoms with Gasteiger partial charge < -0.3 is 15.3 Å². The predicted octanol–water partition coefficient (Wildman–Crippen LogP) is 3.64. The number of hydrogen-bond donors (Lipinski definition) is 1. The summed E-state index contributed by atoms with van der Waals surface area (Å²) in [5, 5.41) is 0. The van der Waals surface area contributed by atoms with Crippen LogP contribution >= 0.6 is 8.58 Å². The smallest absolute Gasteiger partial charge is 0.130 e. The van der Waals surface area contributed by atoms with E-state index in [1.54, 1.807) is 6.92 Å². The fourth-order valence-electron chi connectivity index (χ4n) is 3.22. The molecule has 2 aliphatic carbocycles. The molecule has 1 saturated carbocycles. The zero-order valence-corrected chi connectivity index (χ0v) is 14.5. The van der Waals surface area contributed by atoms with Gasteiger partial charge in [0.15, 0.2) is 0 Å². The number of allylic oxidation sites excluding steroid dienone is 4. The van der Waals surface area contributed by atoms with Crippen LogP contribution in [-0.2, 0) is 11.2 Å². The second kappa shape index (κ2) is 7.31. The Morgan fingerprint density at radius 1 is 1.35 bits per heavy atom. The van der Waals surface area contributed by atoms with E-state index in [-0.39, 0.29) is 5.78 Å². The van der Waals surface area contributed by atoms with Crippen molar-refractivity contribution in [2.24, 2.45) is 17.6 Å². The van der Waals surface area contributed by atoms with Crippen LogP contribution in [0.25, 0.3) is 0 Å². The summed E-state index contributed by atoms with van der Waals surface area (Å²) >= 11 is 0. The molecule has 0 heterocycles. The number of hydrogen-bond acceptors (Lipinski definition) is 3. The minimum Gasteiger partial charge on any atom is -0.489 e. The molecule has 0 aromatic heterocycles. The minimum atomic E-state index is 0.233. The summed E-state index contributed by atoms with van der Waals surface area (Å²) in [7, 11) is 0.795. The molecule has 4 unspecified atom stereocenters. The highest BCUT2D eigenvalue weighted by atomic mass is 31.1. The SMILES string of the molecule is CC(=O)CCc1ccc(OCPC2C3CC=CC=C(N)C32)cc1. The molecule has 2 N–H and O–H groups in total. The van der Waals surface area contributed by atoms with Crippen molar-refractivity contribution in [1.82, 2.24) is 0 Å². The first-order valence-electron chi connectivity index (χ1n) is 8.22. The summed E-state index contributed by atoms with van der Waals surface area (Å²) in [6.45, 7) is 1.63. The summed E-state index contributed by atoms with van der Waals surface area (Å²) in [5.41, 5.74) is 9.03. The maximum Gasteiger partial charge on any atom is 0.130 e. The molecule has 0 spiro atoms. The van der Waals surface area contributed by atoms with Crippen LogP contribution in [0.2, 0.25) is 0 Å². The van der Waals surface area contributed by atoms with Crippen molar-refractivity contribution in [1.29, 1.82) is 0 Å². The molecule has 0 bridgehead atoms. The van der Waals surface area contributed by atoms with Gasteiger partial charge in [0.05, 0.1) is 0 Å². The molecule has 0 radical (unpaired) electrons. The molecule has 0 saturated heterocycles. The summed E-state index contributed by atoms with van der Waals surface area (Å²) in [5.74, 6) is 2.44. The first-order valence-corrected chi connectivity index (χ1v) is 9.50. The number of carbonyl (C=O) groups excluding carboxylic acids is 1. The highest BCUT2D eigenvalue weighted by Crippen LogP contribution is 2.56. The van der Waals surface area contributed by atoms with Crippen LogP contribution in [0.1, 0.15) is 25.3 Å². The third kappa shape index (κ3) is 4.23. The van der Waals surface area contributed by atoms with E-state index in [1.165, 1.54) is 5.56 Å². The second-order valence-electron chi connectivity index (χ2n) is 6.38. The third-order valence-electron chi connectivity index (χ3n) is 4.63. The number of carbonyl (C=O) groups is 1. The van der Waals surface area contributed by atoms with Crippen LogP contribution in [0.5, 0.6) is 5.75 Å². The number of fused-ring (bicyclic) bond motifs is 1. The van der Waals surface area contributed by atoms with E-state index in [9.17, 15) is 4.79 Å². The number of rotatable bonds is 7. The molecule has 4 atom stereocenters. The molecular weight excluding hydrogens is 305 g/mol. The molecule has 1 fully saturated rings. The quantitative estimate of drug-likeness (QED) is 0.777. The Morgan fingerprint density at radius 2 is 2.13 bits per heavy atom. The molecule has 0 aliphatic heterocycles. The molecular formula is C19H24NO2P. The zero-order chi connectivity index (χ0) is 16.2. The Kier molecular flexibility index (Phi) is 5.17. The van der Waals surface area contributed by atoms with E-state index >= 15 is 0 Å². The Hall–Kier alpha value is -1.60. The average molecular weight is 329 g/mol. The summed E-state index contributed by atoms with van der Waals surface area (Å²) in [6.07, 6.45) is 9.67. The minimum absolute atomic E-state index is 0.233. The number of nitrogens with two attached hydrogens (primary N) is 1. The van der Waals surface area contributed by atoms with Crippen LogP contribution in [0.4, 0.5) is 0 Å². The van der Waals surface area contributed by atoms with Gasteiger partial charge in [-0.25, -0.2) is 0 Å². The first-order chi connectivity index (χ1) is 11.1. The third-order valence-corrected chi connectivity index (χ3v) is 6.20. The normalized spacial score (nSPS) is 25.8. The molecule has 122 valence electrons. The highest BCUT2D eigenvalue weighted by Gasteiger charge is 2.50. The number of ether oxygens (including phenoxy) is 1. The lowest BCUT2D eigenvalue weighted by atomic mass is 10.1. The molecule has 0 amide bonds. The van der Waals surface area contributed by atoms with Crippen LogP contribution < -0.4 is 10.5 Å². The van der Waals surface area contributed by atoms with Crippen molar-refractivity contribution < 1.29 is 9.53 Å². The van der Waals surface area contributed by atoms with Gasteiger partial charge in [0, 0.05) is 18.0 Å². The van der Waals surface area contributed by atoms with Crippen molar-refractivity contribution in [2.45, 2.75) is 31.8 Å². The first kappa shape index (κ1) is 16.3. The number of Topliss-reactive ketones (excluding diaryl/α,β-unsaturated/α-hetero) is 1. The lowest BCUT2D eigenvalue weighted by Gasteiger charge is -2.07. The van der Waals surface area contributed by atoms with Crippen LogP contribution in [0, 0.1) is 11.8 Å². The van der Waals surface area contributed by atoms with E-state index in [0.29, 0.717) is 18.0 Å². The standard InChI is InChI=1S/C19H24NO2P/c1-13(21)6-7-14-8-10-15(11-9-14)22-12-23-19-16-4-2-3-5-17(20)18(16)19/h2-3,5,8-11,16,18-19,23H,4,6-7,12,20H2,1H3. The van der Waals surface area contributed by atoms with Gasteiger partial charge in [-0.3, -0.25) is 0 Å². The van der Waals surface area contributed by atoms with Crippen molar-refractivity contribution in [3.05, 3.63) is 53.8 Å². The lowest BCUT2D eigenvalue weighted by molar-refractivity contribution is -0.116. The van der Waals surface area contributed by atoms with Gasteiger partial charge in [0.25, 0.3) is 0 Å². The van der Waals surface area contributed by atoms with Gasteiger partial charge in [-0.05, 0) is 55.1 Å². The van der Waals surface area contributed by atoms with Crippen LogP contribution in [0.15, 0.2) is 48.2 Å². The van der Waals surface area contributed by atoms with Crippen molar-refractivity contribution in [3.8, 4) is 5.75 Å². The van der Waals surface area contributed by atoms with E-state index in [1.807, 2.05) is 24.3 Å². The fourth-order valence-corrected chi connectivity index (χ4v) is 4.89. The Labute approximate surface area is 139 Å². The number of aryl methyl sites for hydroxylation is 1. The molecule has 1 aromatic carbocycles. The van der Waals surface area contributed by atoms with Gasteiger partial charge in [0.1, 0.15) is 17.9 Å². The van der Waals surface area contributed by atoms with Crippen molar-refractivity contribution >= 4 is 14.4 Å². The van der Waals surface area contributed by atoms with Gasteiger partial charge in [-0.2, -0.15) is 0 Å². The highest BCUT2D eigenvalue weighted by molar-refractivity contribution is 7.39. The second-order valence-corrected chi connectivity index (χ2v) is 7.75. The van der Waals surface area contributed by atoms with E-state index in [2.05, 4.69) is 18.2 Å². The number of benzene rings is 1. The molecule has 4 heteroatoms. The lowest BCUT2D eigenvalue weighted by Crippen LogP contribution is -2.01. The average Bonchev–Trinajstić information content (AvgIpc) is 3.26. The molecule has 3 rings (SSSR count). The topological polar surface area (TPSA) is 52.3 Å². The largest absolute Gasteiger partial charge is 0.489 e. The van der Waals surface area contributed by atoms with Gasteiger partial charge >= 0.3 is 0 Å².